The van der Waals surface area contributed by atoms with Crippen molar-refractivity contribution < 1.29 is 22.9 Å². The van der Waals surface area contributed by atoms with Gasteiger partial charge in [-0.25, -0.2) is 8.78 Å². The van der Waals surface area contributed by atoms with Gasteiger partial charge in [-0.15, -0.1) is 0 Å². The number of carbonyl (C=O) groups excluding carboxylic acids is 1. The molecule has 1 saturated heterocycles. The first-order valence-electron chi connectivity index (χ1n) is 7.66. The highest BCUT2D eigenvalue weighted by Gasteiger charge is 2.51. The highest BCUT2D eigenvalue weighted by Crippen LogP contribution is 2.37. The molecule has 1 aliphatic heterocycles. The maximum absolute atomic E-state index is 12.7. The number of hydrogen-bond donors (Lipinski definition) is 0. The van der Waals surface area contributed by atoms with Gasteiger partial charge in [-0.1, -0.05) is 17.7 Å². The van der Waals surface area contributed by atoms with Crippen LogP contribution in [0.25, 0.3) is 0 Å². The minimum absolute atomic E-state index is 0.193. The Balaban J connectivity index is 2.29. The molecule has 0 atom stereocenters. The quantitative estimate of drug-likeness (QED) is 0.775. The fraction of sp³-hybridized carbons (Fsp3) is 0.562. The Morgan fingerprint density at radius 3 is 2.21 bits per heavy atom. The van der Waals surface area contributed by atoms with Crippen molar-refractivity contribution >= 4 is 35.8 Å². The average Bonchev–Trinajstić information content (AvgIpc) is 2.64. The van der Waals surface area contributed by atoms with Crippen LogP contribution < -0.4 is 10.4 Å². The molecule has 0 unspecified atom stereocenters. The molecule has 0 saturated carbocycles. The summed E-state index contributed by atoms with van der Waals surface area (Å²) >= 11 is 6.22. The molecule has 1 heterocycles. The van der Waals surface area contributed by atoms with E-state index in [-0.39, 0.29) is 10.7 Å². The standard InChI is InChI=1S/C16H21BClF2NO3/c1-10(22)21(9-14(19)20)13-7-6-11(8-12(13)18)17-23-15(2,3)16(4,5)24-17/h6-8,14H,9H2,1-5H3. The zero-order valence-corrected chi connectivity index (χ0v) is 15.2. The molecule has 132 valence electrons. The van der Waals surface area contributed by atoms with Crippen LogP contribution in [0.2, 0.25) is 5.02 Å². The zero-order valence-electron chi connectivity index (χ0n) is 14.4. The van der Waals surface area contributed by atoms with Crippen LogP contribution in [0.1, 0.15) is 34.6 Å². The monoisotopic (exact) mass is 359 g/mol. The third kappa shape index (κ3) is 3.73. The molecule has 0 radical (unpaired) electrons. The van der Waals surface area contributed by atoms with E-state index in [2.05, 4.69) is 0 Å². The van der Waals surface area contributed by atoms with Crippen molar-refractivity contribution in [2.24, 2.45) is 0 Å². The van der Waals surface area contributed by atoms with Gasteiger partial charge in [-0.2, -0.15) is 0 Å². The predicted molar refractivity (Wildman–Crippen MR) is 91.2 cm³/mol. The summed E-state index contributed by atoms with van der Waals surface area (Å²) in [6.45, 7) is 8.25. The summed E-state index contributed by atoms with van der Waals surface area (Å²) in [7, 11) is -0.609. The van der Waals surface area contributed by atoms with Gasteiger partial charge in [-0.3, -0.25) is 4.79 Å². The zero-order chi connectivity index (χ0) is 18.3. The van der Waals surface area contributed by atoms with Crippen molar-refractivity contribution in [2.75, 3.05) is 11.4 Å². The van der Waals surface area contributed by atoms with E-state index >= 15 is 0 Å². The third-order valence-corrected chi connectivity index (χ3v) is 4.79. The van der Waals surface area contributed by atoms with Gasteiger partial charge in [0.2, 0.25) is 5.91 Å². The number of anilines is 1. The second kappa shape index (κ2) is 6.62. The number of carbonyl (C=O) groups is 1. The first-order chi connectivity index (χ1) is 10.9. The van der Waals surface area contributed by atoms with Crippen LogP contribution in [-0.4, -0.2) is 37.2 Å². The minimum Gasteiger partial charge on any atom is -0.399 e. The number of halogens is 3. The molecule has 0 aromatic heterocycles. The predicted octanol–water partition coefficient (Wildman–Crippen LogP) is 3.26. The van der Waals surface area contributed by atoms with Crippen LogP contribution in [0.4, 0.5) is 14.5 Å². The molecule has 1 fully saturated rings. The molecule has 1 aliphatic rings. The van der Waals surface area contributed by atoms with Gasteiger partial charge >= 0.3 is 7.12 Å². The fourth-order valence-electron chi connectivity index (χ4n) is 2.40. The van der Waals surface area contributed by atoms with Crippen molar-refractivity contribution in [3.63, 3.8) is 0 Å². The summed E-state index contributed by atoms with van der Waals surface area (Å²) in [6.07, 6.45) is -2.65. The smallest absolute Gasteiger partial charge is 0.399 e. The van der Waals surface area contributed by atoms with Gasteiger partial charge in [-0.05, 0) is 45.3 Å². The highest BCUT2D eigenvalue weighted by atomic mass is 35.5. The number of nitrogens with zero attached hydrogens (tertiary/aromatic N) is 1. The Kier molecular flexibility index (Phi) is 5.28. The lowest BCUT2D eigenvalue weighted by Gasteiger charge is -2.32. The number of rotatable bonds is 4. The molecule has 4 nitrogen and oxygen atoms in total. The van der Waals surface area contributed by atoms with E-state index < -0.39 is 37.2 Å². The normalized spacial score (nSPS) is 19.0. The van der Waals surface area contributed by atoms with Crippen molar-refractivity contribution in [1.82, 2.24) is 0 Å². The summed E-state index contributed by atoms with van der Waals surface area (Å²) in [5.41, 5.74) is -0.0824. The molecule has 0 spiro atoms. The van der Waals surface area contributed by atoms with Crippen LogP contribution in [-0.2, 0) is 14.1 Å². The summed E-state index contributed by atoms with van der Waals surface area (Å²) in [4.78, 5) is 12.6. The Bertz CT molecular complexity index is 624. The Labute approximate surface area is 146 Å². The molecule has 0 N–H and O–H groups in total. The molecule has 1 amide bonds. The van der Waals surface area contributed by atoms with E-state index in [1.54, 1.807) is 12.1 Å². The third-order valence-electron chi connectivity index (χ3n) is 4.49. The van der Waals surface area contributed by atoms with Crippen molar-refractivity contribution in [1.29, 1.82) is 0 Å². The average molecular weight is 360 g/mol. The second-order valence-electron chi connectivity index (χ2n) is 6.82. The Morgan fingerprint density at radius 1 is 1.25 bits per heavy atom. The molecule has 8 heteroatoms. The number of hydrogen-bond acceptors (Lipinski definition) is 3. The second-order valence-corrected chi connectivity index (χ2v) is 7.23. The van der Waals surface area contributed by atoms with E-state index in [1.165, 1.54) is 13.0 Å². The van der Waals surface area contributed by atoms with Gasteiger partial charge in [0.1, 0.15) is 0 Å². The van der Waals surface area contributed by atoms with E-state index in [9.17, 15) is 13.6 Å². The topological polar surface area (TPSA) is 38.8 Å². The van der Waals surface area contributed by atoms with Gasteiger partial charge in [0.05, 0.1) is 28.5 Å². The molecule has 24 heavy (non-hydrogen) atoms. The molecular weight excluding hydrogens is 338 g/mol. The first kappa shape index (κ1) is 19.2. The fourth-order valence-corrected chi connectivity index (χ4v) is 2.69. The Hall–Kier alpha value is -1.18. The number of amides is 1. The number of benzene rings is 1. The van der Waals surface area contributed by atoms with Crippen LogP contribution in [0.15, 0.2) is 18.2 Å². The highest BCUT2D eigenvalue weighted by molar-refractivity contribution is 6.62. The van der Waals surface area contributed by atoms with Gasteiger partial charge in [0.25, 0.3) is 6.43 Å². The lowest BCUT2D eigenvalue weighted by Crippen LogP contribution is -2.41. The maximum Gasteiger partial charge on any atom is 0.494 e. The van der Waals surface area contributed by atoms with Crippen LogP contribution >= 0.6 is 11.6 Å². The molecule has 0 aliphatic carbocycles. The Morgan fingerprint density at radius 2 is 1.79 bits per heavy atom. The van der Waals surface area contributed by atoms with Crippen LogP contribution in [0.3, 0.4) is 0 Å². The minimum atomic E-state index is -2.65. The van der Waals surface area contributed by atoms with Crippen molar-refractivity contribution in [3.8, 4) is 0 Å². The maximum atomic E-state index is 12.7. The summed E-state index contributed by atoms with van der Waals surface area (Å²) in [6, 6.07) is 4.79. The molecule has 2 rings (SSSR count). The largest absolute Gasteiger partial charge is 0.494 e. The van der Waals surface area contributed by atoms with Gasteiger partial charge < -0.3 is 14.2 Å². The van der Waals surface area contributed by atoms with Gasteiger partial charge in [0, 0.05) is 6.92 Å². The lowest BCUT2D eigenvalue weighted by atomic mass is 9.79. The first-order valence-corrected chi connectivity index (χ1v) is 8.04. The van der Waals surface area contributed by atoms with Crippen molar-refractivity contribution in [2.45, 2.75) is 52.2 Å². The SMILES string of the molecule is CC(=O)N(CC(F)F)c1ccc(B2OC(C)(C)C(C)(C)O2)cc1Cl. The van der Waals surface area contributed by atoms with Crippen molar-refractivity contribution in [3.05, 3.63) is 23.2 Å². The molecule has 1 aromatic rings. The van der Waals surface area contributed by atoms with Gasteiger partial charge in [0.15, 0.2) is 0 Å². The van der Waals surface area contributed by atoms with E-state index in [0.29, 0.717) is 5.46 Å². The van der Waals surface area contributed by atoms with Crippen LogP contribution in [0, 0.1) is 0 Å². The van der Waals surface area contributed by atoms with E-state index in [0.717, 1.165) is 4.90 Å². The summed E-state index contributed by atoms with van der Waals surface area (Å²) in [5, 5.41) is 0.193. The summed E-state index contributed by atoms with van der Waals surface area (Å²) in [5.74, 6) is -0.499. The summed E-state index contributed by atoms with van der Waals surface area (Å²) < 4.78 is 37.2. The van der Waals surface area contributed by atoms with Crippen LogP contribution in [0.5, 0.6) is 0 Å². The van der Waals surface area contributed by atoms with E-state index in [4.69, 9.17) is 20.9 Å². The molecule has 1 aromatic carbocycles. The van der Waals surface area contributed by atoms with E-state index in [1.807, 2.05) is 27.7 Å². The number of alkyl halides is 2. The molecule has 0 bridgehead atoms. The molecular formula is C16H21BClF2NO3. The lowest BCUT2D eigenvalue weighted by molar-refractivity contribution is -0.117.